The molecule has 4 heteroatoms. The van der Waals surface area contributed by atoms with E-state index in [2.05, 4.69) is 167 Å². The van der Waals surface area contributed by atoms with Crippen molar-refractivity contribution in [3.05, 3.63) is 194 Å². The highest BCUT2D eigenvalue weighted by molar-refractivity contribution is 6.12. The van der Waals surface area contributed by atoms with Crippen molar-refractivity contribution < 1.29 is 0 Å². The lowest BCUT2D eigenvalue weighted by atomic mass is 9.98. The number of benzene rings is 7. The van der Waals surface area contributed by atoms with Gasteiger partial charge in [-0.15, -0.1) is 0 Å². The minimum Gasteiger partial charge on any atom is -0.309 e. The number of rotatable bonds is 5. The molecule has 1 aliphatic heterocycles. The zero-order valence-corrected chi connectivity index (χ0v) is 28.3. The molecular weight excluding hydrogens is 633 g/mol. The SMILES string of the molecule is c1ccc(-c2cc(-c3ccc(-n4c5c(c6ccccc64)-c4ccccc4N(c4ccccc4)c4ccccc4-5)cc3)nc(-c3ccccc3)n2)cc1. The van der Waals surface area contributed by atoms with Crippen molar-refractivity contribution in [3.63, 3.8) is 0 Å². The molecule has 0 spiro atoms. The predicted molar refractivity (Wildman–Crippen MR) is 214 cm³/mol. The van der Waals surface area contributed by atoms with Gasteiger partial charge in [0.05, 0.1) is 34.0 Å². The average molecular weight is 665 g/mol. The molecule has 10 rings (SSSR count). The van der Waals surface area contributed by atoms with Crippen LogP contribution in [0.25, 0.3) is 72.9 Å². The zero-order valence-electron chi connectivity index (χ0n) is 28.3. The molecule has 52 heavy (non-hydrogen) atoms. The number of anilines is 3. The Labute approximate surface area is 302 Å². The summed E-state index contributed by atoms with van der Waals surface area (Å²) in [6, 6.07) is 68.5. The highest BCUT2D eigenvalue weighted by Gasteiger charge is 2.31. The van der Waals surface area contributed by atoms with Gasteiger partial charge >= 0.3 is 0 Å². The molecular formula is C48H32N4. The fourth-order valence-corrected chi connectivity index (χ4v) is 7.62. The summed E-state index contributed by atoms with van der Waals surface area (Å²) in [7, 11) is 0. The van der Waals surface area contributed by atoms with Gasteiger partial charge in [-0.2, -0.15) is 0 Å². The molecule has 3 heterocycles. The van der Waals surface area contributed by atoms with Crippen LogP contribution in [0.3, 0.4) is 0 Å². The summed E-state index contributed by atoms with van der Waals surface area (Å²) in [4.78, 5) is 12.5. The van der Waals surface area contributed by atoms with E-state index in [0.29, 0.717) is 5.82 Å². The lowest BCUT2D eigenvalue weighted by Crippen LogP contribution is -2.11. The van der Waals surface area contributed by atoms with Crippen LogP contribution in [0.2, 0.25) is 0 Å². The maximum Gasteiger partial charge on any atom is 0.160 e. The summed E-state index contributed by atoms with van der Waals surface area (Å²) in [6.45, 7) is 0. The van der Waals surface area contributed by atoms with Crippen molar-refractivity contribution in [2.75, 3.05) is 4.90 Å². The molecule has 0 saturated carbocycles. The van der Waals surface area contributed by atoms with Crippen LogP contribution >= 0.6 is 0 Å². The number of fused-ring (bicyclic) bond motifs is 7. The van der Waals surface area contributed by atoms with E-state index in [4.69, 9.17) is 9.97 Å². The van der Waals surface area contributed by atoms with E-state index in [9.17, 15) is 0 Å². The molecule has 0 N–H and O–H groups in total. The molecule has 1 aliphatic rings. The van der Waals surface area contributed by atoms with Crippen LogP contribution in [0.4, 0.5) is 17.1 Å². The maximum absolute atomic E-state index is 5.09. The quantitative estimate of drug-likeness (QED) is 0.184. The monoisotopic (exact) mass is 664 g/mol. The van der Waals surface area contributed by atoms with Crippen LogP contribution in [0.15, 0.2) is 194 Å². The Kier molecular flexibility index (Phi) is 7.10. The van der Waals surface area contributed by atoms with Gasteiger partial charge in [-0.05, 0) is 48.5 Å². The van der Waals surface area contributed by atoms with E-state index in [-0.39, 0.29) is 0 Å². The van der Waals surface area contributed by atoms with Crippen molar-refractivity contribution in [1.82, 2.24) is 14.5 Å². The highest BCUT2D eigenvalue weighted by Crippen LogP contribution is 2.54. The fourth-order valence-electron chi connectivity index (χ4n) is 7.62. The fraction of sp³-hybridized carbons (Fsp3) is 0. The molecule has 2 aromatic heterocycles. The number of aromatic nitrogens is 3. The summed E-state index contributed by atoms with van der Waals surface area (Å²) in [5.74, 6) is 0.709. The van der Waals surface area contributed by atoms with Gasteiger partial charge in [-0.3, -0.25) is 0 Å². The first-order valence-corrected chi connectivity index (χ1v) is 17.6. The predicted octanol–water partition coefficient (Wildman–Crippen LogP) is 12.5. The van der Waals surface area contributed by atoms with Gasteiger partial charge in [0, 0.05) is 50.1 Å². The number of hydrogen-bond donors (Lipinski definition) is 0. The standard InChI is InChI=1S/C48H32N4/c1-4-16-33(17-5-1)41-32-42(50-48(49-41)35-18-6-2-7-19-35)34-28-30-37(31-29-34)52-44-26-14-11-23-39(44)46-38-22-10-13-25-43(38)51(36-20-8-3-9-21-36)45-27-15-12-24-40(45)47(46)52/h1-32H. The molecule has 0 unspecified atom stereocenters. The van der Waals surface area contributed by atoms with Gasteiger partial charge in [0.2, 0.25) is 0 Å². The lowest BCUT2D eigenvalue weighted by Gasteiger charge is -2.27. The third kappa shape index (κ3) is 4.92. The molecule has 0 radical (unpaired) electrons. The van der Waals surface area contributed by atoms with E-state index in [0.717, 1.165) is 56.3 Å². The van der Waals surface area contributed by atoms with Crippen LogP contribution in [0, 0.1) is 0 Å². The van der Waals surface area contributed by atoms with Gasteiger partial charge in [-0.25, -0.2) is 9.97 Å². The molecule has 9 aromatic rings. The van der Waals surface area contributed by atoms with E-state index >= 15 is 0 Å². The van der Waals surface area contributed by atoms with Crippen molar-refractivity contribution in [2.24, 2.45) is 0 Å². The molecule has 0 fully saturated rings. The van der Waals surface area contributed by atoms with Crippen LogP contribution in [0.1, 0.15) is 0 Å². The van der Waals surface area contributed by atoms with Gasteiger partial charge in [-0.1, -0.05) is 146 Å². The van der Waals surface area contributed by atoms with E-state index < -0.39 is 0 Å². The molecule has 0 aliphatic carbocycles. The van der Waals surface area contributed by atoms with Crippen molar-refractivity contribution in [1.29, 1.82) is 0 Å². The largest absolute Gasteiger partial charge is 0.309 e. The summed E-state index contributed by atoms with van der Waals surface area (Å²) in [5.41, 5.74) is 15.3. The average Bonchev–Trinajstić information content (AvgIpc) is 3.51. The van der Waals surface area contributed by atoms with Crippen molar-refractivity contribution in [2.45, 2.75) is 0 Å². The molecule has 4 nitrogen and oxygen atoms in total. The van der Waals surface area contributed by atoms with Crippen LogP contribution < -0.4 is 4.90 Å². The van der Waals surface area contributed by atoms with E-state index in [1.54, 1.807) is 0 Å². The normalized spacial score (nSPS) is 11.8. The van der Waals surface area contributed by atoms with E-state index in [1.807, 2.05) is 36.4 Å². The van der Waals surface area contributed by atoms with Crippen LogP contribution in [-0.4, -0.2) is 14.5 Å². The van der Waals surface area contributed by atoms with E-state index in [1.165, 1.54) is 27.8 Å². The molecule has 244 valence electrons. The minimum atomic E-state index is 0.709. The number of para-hydroxylation sites is 4. The Balaban J connectivity index is 1.18. The first kappa shape index (κ1) is 29.8. The van der Waals surface area contributed by atoms with Crippen molar-refractivity contribution >= 4 is 28.0 Å². The molecule has 7 aromatic carbocycles. The first-order valence-electron chi connectivity index (χ1n) is 17.6. The third-order valence-electron chi connectivity index (χ3n) is 9.95. The number of hydrogen-bond acceptors (Lipinski definition) is 3. The van der Waals surface area contributed by atoms with Gasteiger partial charge < -0.3 is 9.47 Å². The van der Waals surface area contributed by atoms with Crippen molar-refractivity contribution in [3.8, 4) is 62.0 Å². The Morgan fingerprint density at radius 3 is 1.60 bits per heavy atom. The maximum atomic E-state index is 5.09. The number of nitrogens with zero attached hydrogens (tertiary/aromatic N) is 4. The van der Waals surface area contributed by atoms with Gasteiger partial charge in [0.25, 0.3) is 0 Å². The molecule has 0 atom stereocenters. The molecule has 0 amide bonds. The topological polar surface area (TPSA) is 34.0 Å². The molecule has 0 saturated heterocycles. The Hall–Kier alpha value is -7.04. The summed E-state index contributed by atoms with van der Waals surface area (Å²) in [6.07, 6.45) is 0. The minimum absolute atomic E-state index is 0.709. The Morgan fingerprint density at radius 2 is 0.904 bits per heavy atom. The molecule has 0 bridgehead atoms. The summed E-state index contributed by atoms with van der Waals surface area (Å²) < 4.78 is 2.43. The van der Waals surface area contributed by atoms with Gasteiger partial charge in [0.15, 0.2) is 5.82 Å². The zero-order chi connectivity index (χ0) is 34.4. The second kappa shape index (κ2) is 12.4. The second-order valence-electron chi connectivity index (χ2n) is 13.0. The Morgan fingerprint density at radius 1 is 0.385 bits per heavy atom. The Bertz CT molecular complexity index is 2660. The first-order chi connectivity index (χ1) is 25.8. The summed E-state index contributed by atoms with van der Waals surface area (Å²) in [5, 5.41) is 1.22. The summed E-state index contributed by atoms with van der Waals surface area (Å²) >= 11 is 0. The lowest BCUT2D eigenvalue weighted by molar-refractivity contribution is 1.13. The smallest absolute Gasteiger partial charge is 0.160 e. The van der Waals surface area contributed by atoms with Crippen LogP contribution in [0.5, 0.6) is 0 Å². The van der Waals surface area contributed by atoms with Crippen LogP contribution in [-0.2, 0) is 0 Å². The van der Waals surface area contributed by atoms with Gasteiger partial charge in [0.1, 0.15) is 0 Å². The third-order valence-corrected chi connectivity index (χ3v) is 9.95. The highest BCUT2D eigenvalue weighted by atomic mass is 15.2. The second-order valence-corrected chi connectivity index (χ2v) is 13.0.